The first-order valence-electron chi connectivity index (χ1n) is 5.79. The fourth-order valence-electron chi connectivity index (χ4n) is 1.49. The number of carboxylic acid groups (broad SMARTS) is 2. The van der Waals surface area contributed by atoms with Gasteiger partial charge in [0.1, 0.15) is 17.2 Å². The monoisotopic (exact) mass is 290 g/mol. The minimum Gasteiger partial charge on any atom is -0.508 e. The maximum absolute atomic E-state index is 9.30. The number of hydrogen-bond acceptors (Lipinski definition) is 4. The summed E-state index contributed by atoms with van der Waals surface area (Å²) < 4.78 is 0. The van der Waals surface area contributed by atoms with E-state index in [2.05, 4.69) is 0 Å². The Balaban J connectivity index is 0.000000491. The molecule has 0 aliphatic rings. The first-order chi connectivity index (χ1) is 9.86. The SMILES string of the molecule is O=C(O)O.Oc1ccc(C=Cc2cc(O)cc(O)c2)cc1. The first-order valence-corrected chi connectivity index (χ1v) is 5.79. The summed E-state index contributed by atoms with van der Waals surface area (Å²) in [6.07, 6.45) is 1.76. The van der Waals surface area contributed by atoms with E-state index in [1.54, 1.807) is 42.5 Å². The second kappa shape index (κ2) is 7.44. The molecule has 0 spiro atoms. The molecule has 2 rings (SSSR count). The molecule has 0 amide bonds. The molecule has 110 valence electrons. The third kappa shape index (κ3) is 6.53. The van der Waals surface area contributed by atoms with Gasteiger partial charge in [-0.15, -0.1) is 0 Å². The van der Waals surface area contributed by atoms with Crippen LogP contribution in [0.4, 0.5) is 4.79 Å². The van der Waals surface area contributed by atoms with E-state index in [0.29, 0.717) is 5.56 Å². The molecule has 0 bridgehead atoms. The molecule has 6 nitrogen and oxygen atoms in total. The minimum atomic E-state index is -1.83. The Morgan fingerprint density at radius 1 is 0.714 bits per heavy atom. The Kier molecular flexibility index (Phi) is 5.64. The molecule has 5 N–H and O–H groups in total. The molecule has 0 aliphatic heterocycles. The minimum absolute atomic E-state index is 0.0235. The Labute approximate surface area is 120 Å². The van der Waals surface area contributed by atoms with Gasteiger partial charge in [0.2, 0.25) is 0 Å². The molecular formula is C15H14O6. The summed E-state index contributed by atoms with van der Waals surface area (Å²) in [7, 11) is 0. The molecule has 2 aromatic carbocycles. The van der Waals surface area contributed by atoms with Crippen LogP contribution in [0.2, 0.25) is 0 Å². The molecule has 0 saturated heterocycles. The van der Waals surface area contributed by atoms with Crippen LogP contribution >= 0.6 is 0 Å². The highest BCUT2D eigenvalue weighted by molar-refractivity contribution is 5.71. The summed E-state index contributed by atoms with van der Waals surface area (Å²) in [5.74, 6) is 0.267. The number of phenols is 3. The van der Waals surface area contributed by atoms with E-state index < -0.39 is 6.16 Å². The third-order valence-electron chi connectivity index (χ3n) is 2.29. The van der Waals surface area contributed by atoms with E-state index in [1.165, 1.54) is 6.07 Å². The van der Waals surface area contributed by atoms with Crippen molar-refractivity contribution in [3.05, 3.63) is 53.6 Å². The zero-order chi connectivity index (χ0) is 15.8. The molecule has 6 heteroatoms. The lowest BCUT2D eigenvalue weighted by Crippen LogP contribution is -1.81. The number of phenolic OH excluding ortho intramolecular Hbond substituents is 3. The van der Waals surface area contributed by atoms with Crippen LogP contribution < -0.4 is 0 Å². The third-order valence-corrected chi connectivity index (χ3v) is 2.29. The molecule has 0 radical (unpaired) electrons. The van der Waals surface area contributed by atoms with Gasteiger partial charge in [0.15, 0.2) is 0 Å². The van der Waals surface area contributed by atoms with E-state index in [1.807, 2.05) is 6.08 Å². The number of rotatable bonds is 2. The highest BCUT2D eigenvalue weighted by Crippen LogP contribution is 2.22. The number of aromatic hydroxyl groups is 3. The predicted molar refractivity (Wildman–Crippen MR) is 77.5 cm³/mol. The predicted octanol–water partition coefficient (Wildman–Crippen LogP) is 3.20. The summed E-state index contributed by atoms with van der Waals surface area (Å²) in [4.78, 5) is 8.56. The smallest absolute Gasteiger partial charge is 0.503 e. The lowest BCUT2D eigenvalue weighted by Gasteiger charge is -1.98. The van der Waals surface area contributed by atoms with Crippen molar-refractivity contribution in [1.29, 1.82) is 0 Å². The van der Waals surface area contributed by atoms with Gasteiger partial charge in [-0.1, -0.05) is 24.3 Å². The van der Waals surface area contributed by atoms with Crippen LogP contribution in [-0.4, -0.2) is 31.7 Å². The molecule has 0 saturated carbocycles. The van der Waals surface area contributed by atoms with Crippen molar-refractivity contribution >= 4 is 18.3 Å². The van der Waals surface area contributed by atoms with Crippen LogP contribution in [0.15, 0.2) is 42.5 Å². The number of hydrogen-bond donors (Lipinski definition) is 5. The van der Waals surface area contributed by atoms with Gasteiger partial charge >= 0.3 is 6.16 Å². The van der Waals surface area contributed by atoms with Crippen LogP contribution in [0.25, 0.3) is 12.2 Å². The molecule has 0 unspecified atom stereocenters. The summed E-state index contributed by atoms with van der Waals surface area (Å²) in [6.45, 7) is 0. The molecular weight excluding hydrogens is 276 g/mol. The van der Waals surface area contributed by atoms with Gasteiger partial charge in [-0.3, -0.25) is 0 Å². The molecule has 0 fully saturated rings. The van der Waals surface area contributed by atoms with Crippen molar-refractivity contribution in [3.63, 3.8) is 0 Å². The lowest BCUT2D eigenvalue weighted by atomic mass is 10.1. The highest BCUT2D eigenvalue weighted by Gasteiger charge is 1.95. The van der Waals surface area contributed by atoms with Crippen LogP contribution in [-0.2, 0) is 0 Å². The van der Waals surface area contributed by atoms with Gasteiger partial charge in [0, 0.05) is 6.07 Å². The maximum Gasteiger partial charge on any atom is 0.503 e. The largest absolute Gasteiger partial charge is 0.508 e. The normalized spacial score (nSPS) is 9.90. The zero-order valence-electron chi connectivity index (χ0n) is 10.8. The Morgan fingerprint density at radius 2 is 1.14 bits per heavy atom. The van der Waals surface area contributed by atoms with Crippen LogP contribution in [0.1, 0.15) is 11.1 Å². The van der Waals surface area contributed by atoms with E-state index in [4.69, 9.17) is 20.1 Å². The second-order valence-corrected chi connectivity index (χ2v) is 3.99. The summed E-state index contributed by atoms with van der Waals surface area (Å²) >= 11 is 0. The standard InChI is InChI=1S/C14H12O3.CH2O3/c15-12-5-3-10(4-6-12)1-2-11-7-13(16)9-14(17)8-11;2-1(3)4/h1-9,15-17H;(H2,2,3,4). The van der Waals surface area contributed by atoms with Crippen molar-refractivity contribution < 1.29 is 30.3 Å². The maximum atomic E-state index is 9.30. The molecule has 2 aromatic rings. The van der Waals surface area contributed by atoms with Crippen molar-refractivity contribution in [1.82, 2.24) is 0 Å². The average molecular weight is 290 g/mol. The van der Waals surface area contributed by atoms with Crippen LogP contribution in [0, 0.1) is 0 Å². The molecule has 0 heterocycles. The second-order valence-electron chi connectivity index (χ2n) is 3.99. The molecule has 0 aromatic heterocycles. The first kappa shape index (κ1) is 15.9. The van der Waals surface area contributed by atoms with E-state index in [0.717, 1.165) is 5.56 Å². The van der Waals surface area contributed by atoms with Crippen molar-refractivity contribution in [3.8, 4) is 17.2 Å². The zero-order valence-corrected chi connectivity index (χ0v) is 10.8. The van der Waals surface area contributed by atoms with Gasteiger partial charge in [-0.2, -0.15) is 0 Å². The van der Waals surface area contributed by atoms with E-state index >= 15 is 0 Å². The molecule has 0 atom stereocenters. The molecule has 0 aliphatic carbocycles. The lowest BCUT2D eigenvalue weighted by molar-refractivity contribution is 0.137. The average Bonchev–Trinajstić information content (AvgIpc) is 2.36. The van der Waals surface area contributed by atoms with Crippen molar-refractivity contribution in [2.75, 3.05) is 0 Å². The van der Waals surface area contributed by atoms with Gasteiger partial charge in [-0.05, 0) is 35.4 Å². The highest BCUT2D eigenvalue weighted by atomic mass is 16.6. The number of benzene rings is 2. The fourth-order valence-corrected chi connectivity index (χ4v) is 1.49. The Hall–Kier alpha value is -3.15. The van der Waals surface area contributed by atoms with Gasteiger partial charge < -0.3 is 25.5 Å². The Morgan fingerprint density at radius 3 is 1.62 bits per heavy atom. The van der Waals surface area contributed by atoms with Gasteiger partial charge in [-0.25, -0.2) is 4.79 Å². The van der Waals surface area contributed by atoms with Crippen LogP contribution in [0.5, 0.6) is 17.2 Å². The van der Waals surface area contributed by atoms with E-state index in [-0.39, 0.29) is 17.2 Å². The quantitative estimate of drug-likeness (QED) is 0.542. The summed E-state index contributed by atoms with van der Waals surface area (Å²) in [5, 5.41) is 41.7. The Bertz CT molecular complexity index is 607. The fraction of sp³-hybridized carbons (Fsp3) is 0. The van der Waals surface area contributed by atoms with Gasteiger partial charge in [0.05, 0.1) is 0 Å². The number of carbonyl (C=O) groups is 1. The van der Waals surface area contributed by atoms with E-state index in [9.17, 15) is 10.2 Å². The topological polar surface area (TPSA) is 118 Å². The molecule has 21 heavy (non-hydrogen) atoms. The summed E-state index contributed by atoms with van der Waals surface area (Å²) in [6, 6.07) is 11.1. The van der Waals surface area contributed by atoms with Crippen molar-refractivity contribution in [2.45, 2.75) is 0 Å². The summed E-state index contributed by atoms with van der Waals surface area (Å²) in [5.41, 5.74) is 1.63. The van der Waals surface area contributed by atoms with Gasteiger partial charge in [0.25, 0.3) is 0 Å². The van der Waals surface area contributed by atoms with Crippen LogP contribution in [0.3, 0.4) is 0 Å². The van der Waals surface area contributed by atoms with Crippen molar-refractivity contribution in [2.24, 2.45) is 0 Å².